The van der Waals surface area contributed by atoms with Gasteiger partial charge < -0.3 is 14.0 Å². The minimum Gasteiger partial charge on any atom is -0.316 e. The van der Waals surface area contributed by atoms with E-state index in [1.54, 1.807) is 13.1 Å². The molecule has 0 aliphatic carbocycles. The summed E-state index contributed by atoms with van der Waals surface area (Å²) in [4.78, 5) is 11.2. The molecular formula is C49H37N5. The Hall–Kier alpha value is -7.24. The smallest absolute Gasteiger partial charge is 0.0701 e. The van der Waals surface area contributed by atoms with Gasteiger partial charge in [0, 0.05) is 75.8 Å². The summed E-state index contributed by atoms with van der Waals surface area (Å²) in [6.07, 6.45) is 9.66. The van der Waals surface area contributed by atoms with Gasteiger partial charge in [0.05, 0.1) is 22.2 Å². The molecule has 9 aromatic rings. The number of allylic oxidation sites excluding steroid dienone is 3. The second-order valence-corrected chi connectivity index (χ2v) is 13.2. The average Bonchev–Trinajstić information content (AvgIpc) is 3.82. The van der Waals surface area contributed by atoms with Crippen molar-refractivity contribution in [3.05, 3.63) is 200 Å². The molecule has 0 aliphatic rings. The predicted molar refractivity (Wildman–Crippen MR) is 228 cm³/mol. The van der Waals surface area contributed by atoms with Crippen LogP contribution in [0.4, 0.5) is 17.1 Å². The highest BCUT2D eigenvalue weighted by Crippen LogP contribution is 2.42. The molecule has 5 nitrogen and oxygen atoms in total. The Bertz CT molecular complexity index is 2810. The van der Waals surface area contributed by atoms with Gasteiger partial charge in [-0.25, -0.2) is 0 Å². The number of hydrogen-bond donors (Lipinski definition) is 0. The van der Waals surface area contributed by atoms with Crippen molar-refractivity contribution in [1.82, 2.24) is 14.1 Å². The molecule has 0 fully saturated rings. The summed E-state index contributed by atoms with van der Waals surface area (Å²) < 4.78 is 4.69. The van der Waals surface area contributed by atoms with E-state index >= 15 is 0 Å². The monoisotopic (exact) mass is 695 g/mol. The number of hydrogen-bond acceptors (Lipinski definition) is 3. The van der Waals surface area contributed by atoms with Crippen LogP contribution in [0, 0.1) is 0 Å². The average molecular weight is 696 g/mol. The first kappa shape index (κ1) is 32.7. The summed E-state index contributed by atoms with van der Waals surface area (Å²) in [5, 5.41) is 3.59. The summed E-state index contributed by atoms with van der Waals surface area (Å²) in [5.41, 5.74) is 13.0. The van der Waals surface area contributed by atoms with Crippen molar-refractivity contribution >= 4 is 61.6 Å². The van der Waals surface area contributed by atoms with Crippen molar-refractivity contribution in [3.8, 4) is 22.6 Å². The third-order valence-electron chi connectivity index (χ3n) is 10.00. The fourth-order valence-electron chi connectivity index (χ4n) is 7.56. The number of benzene rings is 6. The molecule has 54 heavy (non-hydrogen) atoms. The van der Waals surface area contributed by atoms with E-state index in [0.717, 1.165) is 56.3 Å². The second-order valence-electron chi connectivity index (χ2n) is 13.2. The first-order valence-corrected chi connectivity index (χ1v) is 18.1. The molecule has 0 saturated heterocycles. The van der Waals surface area contributed by atoms with E-state index < -0.39 is 0 Å². The number of pyridine rings is 1. The van der Waals surface area contributed by atoms with E-state index in [1.807, 2.05) is 36.7 Å². The van der Waals surface area contributed by atoms with Crippen LogP contribution in [0.25, 0.3) is 60.9 Å². The number of nitrogens with zero attached hydrogens (tertiary/aromatic N) is 5. The molecule has 9 rings (SSSR count). The highest BCUT2D eigenvalue weighted by atomic mass is 15.1. The van der Waals surface area contributed by atoms with Crippen molar-refractivity contribution in [2.75, 3.05) is 11.9 Å². The summed E-state index contributed by atoms with van der Waals surface area (Å²) in [6, 6.07) is 58.2. The molecule has 3 aromatic heterocycles. The van der Waals surface area contributed by atoms with Gasteiger partial charge in [0.1, 0.15) is 0 Å². The van der Waals surface area contributed by atoms with Gasteiger partial charge >= 0.3 is 0 Å². The molecule has 5 heteroatoms. The SMILES string of the molecule is C=C/C=C(\C=NC)c1ccc(N(c2ccc(-c3ccccn3)cc2)c2ccc3c(c2)c2ccc4c(ccn4-c4ccccc4)c2n3-c2ccccc2)cc1. The van der Waals surface area contributed by atoms with Gasteiger partial charge in [-0.2, -0.15) is 0 Å². The van der Waals surface area contributed by atoms with Crippen LogP contribution in [0.15, 0.2) is 200 Å². The normalized spacial score (nSPS) is 11.9. The van der Waals surface area contributed by atoms with E-state index in [0.29, 0.717) is 0 Å². The first-order valence-electron chi connectivity index (χ1n) is 18.1. The van der Waals surface area contributed by atoms with Crippen LogP contribution in [0.2, 0.25) is 0 Å². The van der Waals surface area contributed by atoms with Crippen LogP contribution < -0.4 is 4.90 Å². The summed E-state index contributed by atoms with van der Waals surface area (Å²) >= 11 is 0. The Balaban J connectivity index is 1.25. The zero-order chi connectivity index (χ0) is 36.4. The molecule has 258 valence electrons. The van der Waals surface area contributed by atoms with Crippen molar-refractivity contribution < 1.29 is 0 Å². The molecule has 0 bridgehead atoms. The topological polar surface area (TPSA) is 38.4 Å². The maximum Gasteiger partial charge on any atom is 0.0701 e. The molecule has 0 atom stereocenters. The number of aliphatic imine (C=N–C) groups is 1. The minimum absolute atomic E-state index is 0.946. The molecular weight excluding hydrogens is 659 g/mol. The molecule has 0 N–H and O–H groups in total. The van der Waals surface area contributed by atoms with E-state index in [1.165, 1.54) is 27.2 Å². The Labute approximate surface area is 314 Å². The number of aromatic nitrogens is 3. The molecule has 0 amide bonds. The van der Waals surface area contributed by atoms with Gasteiger partial charge in [-0.15, -0.1) is 0 Å². The first-order chi connectivity index (χ1) is 26.7. The molecule has 0 radical (unpaired) electrons. The largest absolute Gasteiger partial charge is 0.316 e. The van der Waals surface area contributed by atoms with Crippen molar-refractivity contribution in [2.45, 2.75) is 0 Å². The van der Waals surface area contributed by atoms with Gasteiger partial charge in [0.2, 0.25) is 0 Å². The van der Waals surface area contributed by atoms with Crippen LogP contribution in [0.1, 0.15) is 5.56 Å². The maximum atomic E-state index is 4.59. The van der Waals surface area contributed by atoms with Gasteiger partial charge in [0.15, 0.2) is 0 Å². The van der Waals surface area contributed by atoms with Crippen LogP contribution in [0.3, 0.4) is 0 Å². The Kier molecular flexibility index (Phi) is 8.50. The van der Waals surface area contributed by atoms with Crippen LogP contribution in [-0.4, -0.2) is 27.4 Å². The Morgan fingerprint density at radius 2 is 1.30 bits per heavy atom. The van der Waals surface area contributed by atoms with Crippen LogP contribution >= 0.6 is 0 Å². The van der Waals surface area contributed by atoms with E-state index in [9.17, 15) is 0 Å². The fraction of sp³-hybridized carbons (Fsp3) is 0.0204. The van der Waals surface area contributed by atoms with E-state index in [-0.39, 0.29) is 0 Å². The minimum atomic E-state index is 0.946. The Morgan fingerprint density at radius 1 is 0.630 bits per heavy atom. The van der Waals surface area contributed by atoms with E-state index in [4.69, 9.17) is 0 Å². The molecule has 0 spiro atoms. The lowest BCUT2D eigenvalue weighted by molar-refractivity contribution is 1.13. The predicted octanol–water partition coefficient (Wildman–Crippen LogP) is 12.5. The quantitative estimate of drug-likeness (QED) is 0.111. The number of rotatable bonds is 9. The van der Waals surface area contributed by atoms with Crippen molar-refractivity contribution in [2.24, 2.45) is 4.99 Å². The van der Waals surface area contributed by atoms with E-state index in [2.05, 4.69) is 182 Å². The number of para-hydroxylation sites is 2. The zero-order valence-corrected chi connectivity index (χ0v) is 29.9. The lowest BCUT2D eigenvalue weighted by Crippen LogP contribution is -2.10. The highest BCUT2D eigenvalue weighted by molar-refractivity contribution is 6.19. The van der Waals surface area contributed by atoms with Crippen molar-refractivity contribution in [3.63, 3.8) is 0 Å². The van der Waals surface area contributed by atoms with Gasteiger partial charge in [-0.05, 0) is 102 Å². The van der Waals surface area contributed by atoms with Crippen LogP contribution in [-0.2, 0) is 0 Å². The molecule has 6 aromatic carbocycles. The lowest BCUT2D eigenvalue weighted by Gasteiger charge is -2.26. The molecule has 0 aliphatic heterocycles. The summed E-state index contributed by atoms with van der Waals surface area (Å²) in [5.74, 6) is 0. The van der Waals surface area contributed by atoms with Crippen molar-refractivity contribution in [1.29, 1.82) is 0 Å². The van der Waals surface area contributed by atoms with Gasteiger partial charge in [-0.1, -0.05) is 91.5 Å². The van der Waals surface area contributed by atoms with Gasteiger partial charge in [0.25, 0.3) is 0 Å². The third kappa shape index (κ3) is 5.78. The molecule has 3 heterocycles. The number of anilines is 3. The third-order valence-corrected chi connectivity index (χ3v) is 10.00. The molecule has 0 unspecified atom stereocenters. The van der Waals surface area contributed by atoms with Crippen LogP contribution in [0.5, 0.6) is 0 Å². The summed E-state index contributed by atoms with van der Waals surface area (Å²) in [7, 11) is 1.79. The zero-order valence-electron chi connectivity index (χ0n) is 29.9. The molecule has 0 saturated carbocycles. The second kappa shape index (κ2) is 14.1. The fourth-order valence-corrected chi connectivity index (χ4v) is 7.56. The van der Waals surface area contributed by atoms with Gasteiger partial charge in [-0.3, -0.25) is 9.98 Å². The maximum absolute atomic E-state index is 4.59. The number of fused-ring (bicyclic) bond motifs is 5. The lowest BCUT2D eigenvalue weighted by atomic mass is 10.0. The standard InChI is InChI=1S/C49H37N5/c1-3-12-37(34-50-2)35-18-22-40(23-19-35)53(41-24-20-36(21-25-41)46-17-10-11-31-51-46)42-26-28-48-45(33-42)43-27-29-47-44(30-32-52(47)38-13-6-4-7-14-38)49(43)54(48)39-15-8-5-9-16-39/h3-34H,1H2,2H3/b37-12+,50-34?. The highest BCUT2D eigenvalue weighted by Gasteiger charge is 2.20. The summed E-state index contributed by atoms with van der Waals surface area (Å²) in [6.45, 7) is 3.91. The Morgan fingerprint density at radius 3 is 1.98 bits per heavy atom.